The fourth-order valence-electron chi connectivity index (χ4n) is 1.82. The number of thiophene rings is 1. The molecular formula is C13H21NO2S. The van der Waals surface area contributed by atoms with Crippen LogP contribution in [0.4, 0.5) is 0 Å². The quantitative estimate of drug-likeness (QED) is 0.761. The van der Waals surface area contributed by atoms with Gasteiger partial charge in [0.05, 0.1) is 13.5 Å². The van der Waals surface area contributed by atoms with Gasteiger partial charge in [0.15, 0.2) is 0 Å². The van der Waals surface area contributed by atoms with Crippen LogP contribution in [0.3, 0.4) is 0 Å². The van der Waals surface area contributed by atoms with Crippen molar-refractivity contribution in [2.45, 2.75) is 45.2 Å². The minimum absolute atomic E-state index is 0.140. The van der Waals surface area contributed by atoms with Crippen molar-refractivity contribution in [3.05, 3.63) is 22.4 Å². The maximum absolute atomic E-state index is 11.2. The van der Waals surface area contributed by atoms with E-state index in [2.05, 4.69) is 34.5 Å². The molecule has 17 heavy (non-hydrogen) atoms. The molecule has 1 aromatic rings. The Labute approximate surface area is 107 Å². The van der Waals surface area contributed by atoms with Crippen LogP contribution in [0, 0.1) is 0 Å². The highest BCUT2D eigenvalue weighted by molar-refractivity contribution is 7.10. The lowest BCUT2D eigenvalue weighted by Gasteiger charge is -2.21. The predicted molar refractivity (Wildman–Crippen MR) is 71.2 cm³/mol. The molecule has 0 fully saturated rings. The maximum Gasteiger partial charge on any atom is 0.307 e. The molecule has 0 aliphatic heterocycles. The van der Waals surface area contributed by atoms with E-state index >= 15 is 0 Å². The summed E-state index contributed by atoms with van der Waals surface area (Å²) in [7, 11) is 1.43. The Morgan fingerprint density at radius 2 is 2.35 bits per heavy atom. The van der Waals surface area contributed by atoms with Gasteiger partial charge in [0.1, 0.15) is 0 Å². The van der Waals surface area contributed by atoms with Gasteiger partial charge < -0.3 is 10.1 Å². The van der Waals surface area contributed by atoms with Gasteiger partial charge >= 0.3 is 5.97 Å². The van der Waals surface area contributed by atoms with E-state index in [1.807, 2.05) is 6.92 Å². The molecule has 0 amide bonds. The SMILES string of the molecule is CCCC(NC(C)CC(=O)OC)c1cccs1. The molecule has 1 rings (SSSR count). The van der Waals surface area contributed by atoms with Crippen molar-refractivity contribution in [2.24, 2.45) is 0 Å². The third-order valence-electron chi connectivity index (χ3n) is 2.65. The first-order valence-corrected chi connectivity index (χ1v) is 6.91. The molecule has 0 saturated heterocycles. The topological polar surface area (TPSA) is 38.3 Å². The fourth-order valence-corrected chi connectivity index (χ4v) is 2.64. The molecule has 0 saturated carbocycles. The van der Waals surface area contributed by atoms with Crippen LogP contribution < -0.4 is 5.32 Å². The smallest absolute Gasteiger partial charge is 0.307 e. The predicted octanol–water partition coefficient (Wildman–Crippen LogP) is 3.13. The summed E-state index contributed by atoms with van der Waals surface area (Å²) >= 11 is 1.76. The third-order valence-corrected chi connectivity index (χ3v) is 3.64. The Kier molecular flexibility index (Phi) is 6.22. The zero-order valence-corrected chi connectivity index (χ0v) is 11.5. The Balaban J connectivity index is 2.52. The van der Waals surface area contributed by atoms with Crippen molar-refractivity contribution in [3.63, 3.8) is 0 Å². The normalized spacial score (nSPS) is 14.3. The summed E-state index contributed by atoms with van der Waals surface area (Å²) in [4.78, 5) is 12.5. The highest BCUT2D eigenvalue weighted by Gasteiger charge is 2.16. The lowest BCUT2D eigenvalue weighted by atomic mass is 10.1. The lowest BCUT2D eigenvalue weighted by Crippen LogP contribution is -2.32. The molecule has 0 aromatic carbocycles. The van der Waals surface area contributed by atoms with E-state index in [9.17, 15) is 4.79 Å². The Bertz CT molecular complexity index is 324. The second-order valence-corrected chi connectivity index (χ2v) is 5.18. The Hall–Kier alpha value is -0.870. The zero-order chi connectivity index (χ0) is 12.7. The van der Waals surface area contributed by atoms with Crippen LogP contribution in [0.2, 0.25) is 0 Å². The van der Waals surface area contributed by atoms with E-state index in [-0.39, 0.29) is 12.0 Å². The van der Waals surface area contributed by atoms with Gasteiger partial charge in [-0.05, 0) is 24.8 Å². The minimum Gasteiger partial charge on any atom is -0.469 e. The van der Waals surface area contributed by atoms with Crippen LogP contribution in [-0.4, -0.2) is 19.1 Å². The number of methoxy groups -OCH3 is 1. The van der Waals surface area contributed by atoms with Crippen LogP contribution in [0.25, 0.3) is 0 Å². The number of carbonyl (C=O) groups is 1. The molecule has 1 heterocycles. The molecular weight excluding hydrogens is 234 g/mol. The van der Waals surface area contributed by atoms with Gasteiger partial charge in [0.25, 0.3) is 0 Å². The summed E-state index contributed by atoms with van der Waals surface area (Å²) in [6.07, 6.45) is 2.63. The molecule has 1 N–H and O–H groups in total. The average molecular weight is 255 g/mol. The van der Waals surface area contributed by atoms with Gasteiger partial charge in [-0.25, -0.2) is 0 Å². The summed E-state index contributed by atoms with van der Waals surface area (Å²) in [6.45, 7) is 4.19. The maximum atomic E-state index is 11.2. The first-order chi connectivity index (χ1) is 8.17. The van der Waals surface area contributed by atoms with E-state index in [1.165, 1.54) is 12.0 Å². The van der Waals surface area contributed by atoms with Crippen LogP contribution in [0.15, 0.2) is 17.5 Å². The van der Waals surface area contributed by atoms with Crippen molar-refractivity contribution >= 4 is 17.3 Å². The van der Waals surface area contributed by atoms with Crippen LogP contribution in [0.1, 0.15) is 44.0 Å². The van der Waals surface area contributed by atoms with Crippen LogP contribution >= 0.6 is 11.3 Å². The number of esters is 1. The average Bonchev–Trinajstić information content (AvgIpc) is 2.81. The molecule has 0 radical (unpaired) electrons. The number of carbonyl (C=O) groups excluding carboxylic acids is 1. The number of nitrogens with one attached hydrogen (secondary N) is 1. The monoisotopic (exact) mass is 255 g/mol. The zero-order valence-electron chi connectivity index (χ0n) is 10.7. The van der Waals surface area contributed by atoms with Crippen molar-refractivity contribution < 1.29 is 9.53 Å². The van der Waals surface area contributed by atoms with Crippen molar-refractivity contribution in [1.82, 2.24) is 5.32 Å². The summed E-state index contributed by atoms with van der Waals surface area (Å²) in [6, 6.07) is 4.69. The van der Waals surface area contributed by atoms with Gasteiger partial charge in [0, 0.05) is 17.0 Å². The molecule has 1 aromatic heterocycles. The highest BCUT2D eigenvalue weighted by Crippen LogP contribution is 2.24. The summed E-state index contributed by atoms with van der Waals surface area (Å²) in [5.74, 6) is -0.161. The van der Waals surface area contributed by atoms with Gasteiger partial charge in [-0.3, -0.25) is 4.79 Å². The third kappa shape index (κ3) is 4.88. The van der Waals surface area contributed by atoms with E-state index in [0.717, 1.165) is 12.8 Å². The number of ether oxygens (including phenoxy) is 1. The van der Waals surface area contributed by atoms with Crippen molar-refractivity contribution in [2.75, 3.05) is 7.11 Å². The Morgan fingerprint density at radius 1 is 1.59 bits per heavy atom. The second-order valence-electron chi connectivity index (χ2n) is 4.20. The van der Waals surface area contributed by atoms with Crippen LogP contribution in [0.5, 0.6) is 0 Å². The number of rotatable bonds is 7. The summed E-state index contributed by atoms with van der Waals surface area (Å²) < 4.78 is 4.68. The molecule has 0 aliphatic rings. The molecule has 3 nitrogen and oxygen atoms in total. The second kappa shape index (κ2) is 7.45. The van der Waals surface area contributed by atoms with E-state index in [1.54, 1.807) is 11.3 Å². The van der Waals surface area contributed by atoms with Crippen LogP contribution in [-0.2, 0) is 9.53 Å². The molecule has 0 bridgehead atoms. The van der Waals surface area contributed by atoms with Crippen molar-refractivity contribution in [3.8, 4) is 0 Å². The van der Waals surface area contributed by atoms with Gasteiger partial charge in [-0.1, -0.05) is 19.4 Å². The van der Waals surface area contributed by atoms with Gasteiger partial charge in [-0.2, -0.15) is 0 Å². The molecule has 0 aliphatic carbocycles. The summed E-state index contributed by atoms with van der Waals surface area (Å²) in [5.41, 5.74) is 0. The molecule has 2 atom stereocenters. The first-order valence-electron chi connectivity index (χ1n) is 6.03. The standard InChI is InChI=1S/C13H21NO2S/c1-4-6-11(12-7-5-8-17-12)14-10(2)9-13(15)16-3/h5,7-8,10-11,14H,4,6,9H2,1-3H3. The largest absolute Gasteiger partial charge is 0.469 e. The molecule has 0 spiro atoms. The summed E-state index contributed by atoms with van der Waals surface area (Å²) in [5, 5.41) is 5.58. The van der Waals surface area contributed by atoms with Crippen molar-refractivity contribution in [1.29, 1.82) is 0 Å². The molecule has 4 heteroatoms. The lowest BCUT2D eigenvalue weighted by molar-refractivity contribution is -0.141. The van der Waals surface area contributed by atoms with E-state index in [0.29, 0.717) is 12.5 Å². The van der Waals surface area contributed by atoms with E-state index < -0.39 is 0 Å². The first kappa shape index (κ1) is 14.2. The number of hydrogen-bond acceptors (Lipinski definition) is 4. The van der Waals surface area contributed by atoms with Gasteiger partial charge in [0.2, 0.25) is 0 Å². The van der Waals surface area contributed by atoms with E-state index in [4.69, 9.17) is 0 Å². The van der Waals surface area contributed by atoms with Gasteiger partial charge in [-0.15, -0.1) is 11.3 Å². The molecule has 2 unspecified atom stereocenters. The number of hydrogen-bond donors (Lipinski definition) is 1. The minimum atomic E-state index is -0.161. The fraction of sp³-hybridized carbons (Fsp3) is 0.615. The Morgan fingerprint density at radius 3 is 2.88 bits per heavy atom. The highest BCUT2D eigenvalue weighted by atomic mass is 32.1. The molecule has 96 valence electrons.